The van der Waals surface area contributed by atoms with Crippen molar-refractivity contribution in [1.29, 1.82) is 0 Å². The molecule has 2 aliphatic carbocycles. The van der Waals surface area contributed by atoms with Gasteiger partial charge >= 0.3 is 11.9 Å². The maximum absolute atomic E-state index is 12.1. The number of hydrogen-bond acceptors (Lipinski definition) is 5. The first-order chi connectivity index (χ1) is 8.80. The highest BCUT2D eigenvalue weighted by molar-refractivity contribution is 6.05. The number of carbonyl (C=O) groups is 3. The Hall–Kier alpha value is -1.65. The number of allylic oxidation sites excluding steroid dienone is 2. The molecule has 0 aromatic heterocycles. The van der Waals surface area contributed by atoms with Crippen LogP contribution in [-0.2, 0) is 23.9 Å². The van der Waals surface area contributed by atoms with Crippen molar-refractivity contribution in [3.05, 3.63) is 11.1 Å². The molecule has 0 aliphatic heterocycles. The van der Waals surface area contributed by atoms with Crippen LogP contribution in [0.1, 0.15) is 33.1 Å². The lowest BCUT2D eigenvalue weighted by Crippen LogP contribution is -2.40. The number of fused-ring (bicyclic) bond motifs is 1. The smallest absolute Gasteiger partial charge is 0.323 e. The summed E-state index contributed by atoms with van der Waals surface area (Å²) in [6, 6.07) is 0. The molecule has 1 saturated carbocycles. The highest BCUT2D eigenvalue weighted by Crippen LogP contribution is 2.59. The lowest BCUT2D eigenvalue weighted by atomic mass is 9.79. The Bertz CT molecular complexity index is 486. The summed E-state index contributed by atoms with van der Waals surface area (Å²) in [7, 11) is 2.52. The molecule has 104 valence electrons. The van der Waals surface area contributed by atoms with Gasteiger partial charge in [0.2, 0.25) is 0 Å². The topological polar surface area (TPSA) is 69.7 Å². The Labute approximate surface area is 111 Å². The molecule has 0 bridgehead atoms. The fourth-order valence-corrected chi connectivity index (χ4v) is 3.52. The molecular weight excluding hydrogens is 248 g/mol. The summed E-state index contributed by atoms with van der Waals surface area (Å²) in [4.78, 5) is 35.9. The zero-order valence-corrected chi connectivity index (χ0v) is 11.7. The predicted molar refractivity (Wildman–Crippen MR) is 66.1 cm³/mol. The first kappa shape index (κ1) is 13.8. The van der Waals surface area contributed by atoms with Crippen LogP contribution in [0.2, 0.25) is 0 Å². The van der Waals surface area contributed by atoms with Gasteiger partial charge in [-0.1, -0.05) is 12.5 Å². The van der Waals surface area contributed by atoms with Gasteiger partial charge < -0.3 is 9.47 Å². The minimum absolute atomic E-state index is 0.0980. The fourth-order valence-electron chi connectivity index (χ4n) is 3.52. The molecule has 5 nitrogen and oxygen atoms in total. The second kappa shape index (κ2) is 4.18. The number of rotatable bonds is 2. The van der Waals surface area contributed by atoms with E-state index in [2.05, 4.69) is 0 Å². The Morgan fingerprint density at radius 3 is 2.05 bits per heavy atom. The first-order valence-corrected chi connectivity index (χ1v) is 6.21. The van der Waals surface area contributed by atoms with Crippen LogP contribution in [0.25, 0.3) is 0 Å². The van der Waals surface area contributed by atoms with Crippen LogP contribution >= 0.6 is 0 Å². The third-order valence-electron chi connectivity index (χ3n) is 4.47. The lowest BCUT2D eigenvalue weighted by molar-refractivity contribution is -0.169. The number of ketones is 1. The lowest BCUT2D eigenvalue weighted by Gasteiger charge is -2.25. The van der Waals surface area contributed by atoms with Gasteiger partial charge in [-0.05, 0) is 30.8 Å². The van der Waals surface area contributed by atoms with Crippen molar-refractivity contribution in [3.8, 4) is 0 Å². The summed E-state index contributed by atoms with van der Waals surface area (Å²) < 4.78 is 9.57. The molecule has 19 heavy (non-hydrogen) atoms. The molecule has 1 fully saturated rings. The third-order valence-corrected chi connectivity index (χ3v) is 4.47. The van der Waals surface area contributed by atoms with Crippen LogP contribution in [0.5, 0.6) is 0 Å². The van der Waals surface area contributed by atoms with E-state index in [9.17, 15) is 14.4 Å². The Kier molecular flexibility index (Phi) is 3.03. The fraction of sp³-hybridized carbons (Fsp3) is 0.643. The van der Waals surface area contributed by atoms with Gasteiger partial charge in [-0.3, -0.25) is 14.4 Å². The van der Waals surface area contributed by atoms with E-state index in [1.165, 1.54) is 14.2 Å². The molecule has 0 aromatic carbocycles. The molecule has 0 saturated heterocycles. The summed E-state index contributed by atoms with van der Waals surface area (Å²) in [5, 5.41) is 0. The molecule has 2 aliphatic rings. The maximum atomic E-state index is 12.1. The SMILES string of the molecule is COC(=O)C1(C(=O)OC)CC2=C(C)C(=O)C[C@]2(C)C1. The van der Waals surface area contributed by atoms with Crippen LogP contribution in [0, 0.1) is 10.8 Å². The standard InChI is InChI=1S/C14H18O5/c1-8-9-5-14(11(16)18-3,12(17)19-4)7-13(9,2)6-10(8)15/h5-7H2,1-4H3/t13-/m1/s1. The molecule has 0 radical (unpaired) electrons. The number of ether oxygens (including phenoxy) is 2. The van der Waals surface area contributed by atoms with Crippen molar-refractivity contribution in [1.82, 2.24) is 0 Å². The first-order valence-electron chi connectivity index (χ1n) is 6.21. The largest absolute Gasteiger partial charge is 0.468 e. The summed E-state index contributed by atoms with van der Waals surface area (Å²) in [6.07, 6.45) is 0.849. The maximum Gasteiger partial charge on any atom is 0.323 e. The molecule has 0 aromatic rings. The van der Waals surface area contributed by atoms with Gasteiger partial charge in [0.05, 0.1) is 14.2 Å². The van der Waals surface area contributed by atoms with Crippen LogP contribution in [0.4, 0.5) is 0 Å². The molecular formula is C14H18O5. The zero-order valence-electron chi connectivity index (χ0n) is 11.7. The van der Waals surface area contributed by atoms with Crippen molar-refractivity contribution >= 4 is 17.7 Å². The van der Waals surface area contributed by atoms with Crippen molar-refractivity contribution in [2.75, 3.05) is 14.2 Å². The summed E-state index contributed by atoms with van der Waals surface area (Å²) >= 11 is 0. The second-order valence-corrected chi connectivity index (χ2v) is 5.68. The molecule has 0 N–H and O–H groups in total. The van der Waals surface area contributed by atoms with Crippen molar-refractivity contribution < 1.29 is 23.9 Å². The normalized spacial score (nSPS) is 28.3. The van der Waals surface area contributed by atoms with E-state index in [-0.39, 0.29) is 18.6 Å². The average Bonchev–Trinajstić information content (AvgIpc) is 2.79. The summed E-state index contributed by atoms with van der Waals surface area (Å²) in [6.45, 7) is 3.68. The summed E-state index contributed by atoms with van der Waals surface area (Å²) in [5.74, 6) is -1.06. The number of esters is 2. The highest BCUT2D eigenvalue weighted by Gasteiger charge is 2.62. The van der Waals surface area contributed by atoms with Gasteiger partial charge in [0.25, 0.3) is 0 Å². The van der Waals surface area contributed by atoms with Gasteiger partial charge in [-0.2, -0.15) is 0 Å². The van der Waals surface area contributed by atoms with Gasteiger partial charge in [-0.15, -0.1) is 0 Å². The van der Waals surface area contributed by atoms with E-state index >= 15 is 0 Å². The van der Waals surface area contributed by atoms with E-state index in [0.29, 0.717) is 12.0 Å². The van der Waals surface area contributed by atoms with Crippen LogP contribution < -0.4 is 0 Å². The van der Waals surface area contributed by atoms with Gasteiger partial charge in [0.1, 0.15) is 0 Å². The number of methoxy groups -OCH3 is 2. The van der Waals surface area contributed by atoms with Gasteiger partial charge in [0, 0.05) is 6.42 Å². The molecule has 0 spiro atoms. The van der Waals surface area contributed by atoms with E-state index in [4.69, 9.17) is 9.47 Å². The Morgan fingerprint density at radius 2 is 1.63 bits per heavy atom. The van der Waals surface area contributed by atoms with Crippen molar-refractivity contribution in [3.63, 3.8) is 0 Å². The monoisotopic (exact) mass is 266 g/mol. The molecule has 1 atom stereocenters. The minimum atomic E-state index is -1.30. The molecule has 0 heterocycles. The zero-order chi connectivity index (χ0) is 14.4. The summed E-state index contributed by atoms with van der Waals surface area (Å²) in [5.41, 5.74) is -0.149. The number of Topliss-reactive ketones (excluding diaryl/α,β-unsaturated/α-hetero) is 1. The minimum Gasteiger partial charge on any atom is -0.468 e. The molecule has 2 rings (SSSR count). The van der Waals surface area contributed by atoms with E-state index in [0.717, 1.165) is 5.57 Å². The van der Waals surface area contributed by atoms with Crippen LogP contribution in [0.15, 0.2) is 11.1 Å². The quantitative estimate of drug-likeness (QED) is 0.558. The molecule has 0 amide bonds. The predicted octanol–water partition coefficient (Wildman–Crippen LogP) is 1.41. The Balaban J connectivity index is 2.50. The highest BCUT2D eigenvalue weighted by atomic mass is 16.5. The number of carbonyl (C=O) groups excluding carboxylic acids is 3. The third kappa shape index (κ3) is 1.71. The van der Waals surface area contributed by atoms with Crippen molar-refractivity contribution in [2.24, 2.45) is 10.8 Å². The van der Waals surface area contributed by atoms with Crippen LogP contribution in [-0.4, -0.2) is 31.9 Å². The van der Waals surface area contributed by atoms with Gasteiger partial charge in [0.15, 0.2) is 11.2 Å². The van der Waals surface area contributed by atoms with Crippen molar-refractivity contribution in [2.45, 2.75) is 33.1 Å². The Morgan fingerprint density at radius 1 is 1.11 bits per heavy atom. The van der Waals surface area contributed by atoms with Gasteiger partial charge in [-0.25, -0.2) is 0 Å². The van der Waals surface area contributed by atoms with E-state index < -0.39 is 22.8 Å². The molecule has 5 heteroatoms. The van der Waals surface area contributed by atoms with E-state index in [1.807, 2.05) is 6.92 Å². The molecule has 0 unspecified atom stereocenters. The average molecular weight is 266 g/mol. The number of hydrogen-bond donors (Lipinski definition) is 0. The second-order valence-electron chi connectivity index (χ2n) is 5.68. The van der Waals surface area contributed by atoms with E-state index in [1.54, 1.807) is 6.92 Å². The van der Waals surface area contributed by atoms with Crippen LogP contribution in [0.3, 0.4) is 0 Å².